The van der Waals surface area contributed by atoms with Gasteiger partial charge in [0.15, 0.2) is 23.3 Å². The molecule has 2 aromatic carbocycles. The first kappa shape index (κ1) is 20.2. The third-order valence-electron chi connectivity index (χ3n) is 3.94. The number of amides is 1. The van der Waals surface area contributed by atoms with E-state index in [-0.39, 0.29) is 0 Å². The summed E-state index contributed by atoms with van der Waals surface area (Å²) in [5.74, 6) is -11.4. The lowest BCUT2D eigenvalue weighted by Gasteiger charge is -2.09. The number of pyridine rings is 1. The van der Waals surface area contributed by atoms with Gasteiger partial charge in [-0.3, -0.25) is 9.78 Å². The number of carbonyl (C=O) groups is 1. The molecule has 0 bridgehead atoms. The van der Waals surface area contributed by atoms with Crippen LogP contribution < -0.4 is 5.32 Å². The van der Waals surface area contributed by atoms with Crippen LogP contribution >= 0.6 is 0 Å². The molecule has 0 spiro atoms. The van der Waals surface area contributed by atoms with Gasteiger partial charge in [-0.2, -0.15) is 0 Å². The monoisotopic (exact) mass is 404 g/mol. The Morgan fingerprint density at radius 1 is 0.862 bits per heavy atom. The van der Waals surface area contributed by atoms with Crippen molar-refractivity contribution in [3.8, 4) is 0 Å². The van der Waals surface area contributed by atoms with E-state index in [2.05, 4.69) is 10.3 Å². The van der Waals surface area contributed by atoms with Crippen LogP contribution in [0.1, 0.15) is 16.8 Å². The fourth-order valence-corrected chi connectivity index (χ4v) is 2.55. The molecule has 3 aromatic rings. The van der Waals surface area contributed by atoms with Gasteiger partial charge in [0, 0.05) is 17.4 Å². The zero-order chi connectivity index (χ0) is 21.0. The summed E-state index contributed by atoms with van der Waals surface area (Å²) in [4.78, 5) is 16.2. The summed E-state index contributed by atoms with van der Waals surface area (Å²) < 4.78 is 67.0. The molecule has 3 nitrogen and oxygen atoms in total. The van der Waals surface area contributed by atoms with E-state index in [9.17, 15) is 26.7 Å². The number of aromatic nitrogens is 1. The maximum absolute atomic E-state index is 13.7. The molecule has 8 heteroatoms. The molecule has 0 unspecified atom stereocenters. The summed E-state index contributed by atoms with van der Waals surface area (Å²) in [5, 5.41) is 2.38. The Morgan fingerprint density at radius 2 is 1.55 bits per heavy atom. The zero-order valence-corrected chi connectivity index (χ0v) is 14.7. The summed E-state index contributed by atoms with van der Waals surface area (Å²) in [7, 11) is 0. The van der Waals surface area contributed by atoms with E-state index in [0.717, 1.165) is 0 Å². The van der Waals surface area contributed by atoms with Gasteiger partial charge in [0.2, 0.25) is 11.7 Å². The highest BCUT2D eigenvalue weighted by Crippen LogP contribution is 2.24. The van der Waals surface area contributed by atoms with E-state index >= 15 is 0 Å². The first-order chi connectivity index (χ1) is 13.9. The van der Waals surface area contributed by atoms with Crippen molar-refractivity contribution in [3.63, 3.8) is 0 Å². The number of hydrogen-bond donors (Lipinski definition) is 1. The molecule has 0 saturated heterocycles. The van der Waals surface area contributed by atoms with E-state index in [0.29, 0.717) is 16.9 Å². The van der Waals surface area contributed by atoms with Crippen molar-refractivity contribution in [2.24, 2.45) is 0 Å². The summed E-state index contributed by atoms with van der Waals surface area (Å²) in [6.45, 7) is 0. The first-order valence-corrected chi connectivity index (χ1v) is 8.36. The Bertz CT molecular complexity index is 1050. The maximum atomic E-state index is 13.7. The Morgan fingerprint density at radius 3 is 2.21 bits per heavy atom. The number of carbonyl (C=O) groups excluding carboxylic acids is 1. The number of anilines is 1. The smallest absolute Gasteiger partial charge is 0.229 e. The molecule has 0 saturated carbocycles. The molecule has 1 amide bonds. The quantitative estimate of drug-likeness (QED) is 0.364. The third-order valence-corrected chi connectivity index (χ3v) is 3.94. The van der Waals surface area contributed by atoms with E-state index in [4.69, 9.17) is 0 Å². The predicted molar refractivity (Wildman–Crippen MR) is 98.2 cm³/mol. The van der Waals surface area contributed by atoms with Gasteiger partial charge >= 0.3 is 0 Å². The lowest BCUT2D eigenvalue weighted by molar-refractivity contribution is -0.115. The van der Waals surface area contributed by atoms with Gasteiger partial charge in [-0.15, -0.1) is 0 Å². The molecule has 3 rings (SSSR count). The third kappa shape index (κ3) is 4.66. The van der Waals surface area contributed by atoms with Crippen LogP contribution in [0.15, 0.2) is 48.7 Å². The zero-order valence-electron chi connectivity index (χ0n) is 14.7. The maximum Gasteiger partial charge on any atom is 0.229 e. The molecule has 0 aliphatic rings. The molecule has 0 atom stereocenters. The van der Waals surface area contributed by atoms with Crippen molar-refractivity contribution in [1.29, 1.82) is 0 Å². The number of nitrogens with zero attached hydrogens (tertiary/aromatic N) is 1. The Kier molecular flexibility index (Phi) is 6.01. The summed E-state index contributed by atoms with van der Waals surface area (Å²) in [6, 6.07) is 11.9. The molecular formula is C21H13F5N2O. The molecule has 0 radical (unpaired) electrons. The molecule has 148 valence electrons. The molecule has 0 aliphatic heterocycles. The molecule has 0 fully saturated rings. The van der Waals surface area contributed by atoms with Gasteiger partial charge in [0.25, 0.3) is 0 Å². The SMILES string of the molecule is O=C(Cc1c(F)c(F)c(F)c(F)c1F)Nc1cccc(/C=C/c2ccccn2)c1. The van der Waals surface area contributed by atoms with Crippen molar-refractivity contribution in [2.45, 2.75) is 6.42 Å². The summed E-state index contributed by atoms with van der Waals surface area (Å²) >= 11 is 0. The van der Waals surface area contributed by atoms with Crippen molar-refractivity contribution in [3.05, 3.63) is 94.6 Å². The average molecular weight is 404 g/mol. The Labute approximate surface area is 162 Å². The topological polar surface area (TPSA) is 42.0 Å². The first-order valence-electron chi connectivity index (χ1n) is 8.36. The number of rotatable bonds is 5. The second kappa shape index (κ2) is 8.64. The molecule has 1 aromatic heterocycles. The van der Waals surface area contributed by atoms with Gasteiger partial charge < -0.3 is 5.32 Å². The van der Waals surface area contributed by atoms with Crippen LogP contribution in [0.5, 0.6) is 0 Å². The standard InChI is InChI=1S/C21H13F5N2O/c22-17-15(18(23)20(25)21(26)19(17)24)11-16(29)28-14-6-3-4-12(10-14)7-8-13-5-1-2-9-27-13/h1-10H,11H2,(H,28,29)/b8-7+. The van der Waals surface area contributed by atoms with Crippen molar-refractivity contribution in [2.75, 3.05) is 5.32 Å². The Hall–Kier alpha value is -3.55. The van der Waals surface area contributed by atoms with Crippen molar-refractivity contribution < 1.29 is 26.7 Å². The highest BCUT2D eigenvalue weighted by Gasteiger charge is 2.26. The minimum Gasteiger partial charge on any atom is -0.326 e. The largest absolute Gasteiger partial charge is 0.326 e. The van der Waals surface area contributed by atoms with Gasteiger partial charge in [-0.05, 0) is 35.9 Å². The fraction of sp³-hybridized carbons (Fsp3) is 0.0476. The predicted octanol–water partition coefficient (Wildman–Crippen LogP) is 5.13. The van der Waals surface area contributed by atoms with Crippen LogP contribution in [0.2, 0.25) is 0 Å². The number of hydrogen-bond acceptors (Lipinski definition) is 2. The Balaban J connectivity index is 1.75. The highest BCUT2D eigenvalue weighted by molar-refractivity contribution is 5.92. The molecule has 1 heterocycles. The van der Waals surface area contributed by atoms with E-state index < -0.39 is 47.0 Å². The van der Waals surface area contributed by atoms with E-state index in [1.54, 1.807) is 48.7 Å². The molecule has 29 heavy (non-hydrogen) atoms. The normalized spacial score (nSPS) is 11.1. The van der Waals surface area contributed by atoms with Crippen LogP contribution in [-0.2, 0) is 11.2 Å². The van der Waals surface area contributed by atoms with E-state index in [1.807, 2.05) is 6.07 Å². The van der Waals surface area contributed by atoms with Gasteiger partial charge in [0.1, 0.15) is 0 Å². The van der Waals surface area contributed by atoms with Crippen molar-refractivity contribution >= 4 is 23.7 Å². The van der Waals surface area contributed by atoms with Crippen LogP contribution in [0.4, 0.5) is 27.6 Å². The fourth-order valence-electron chi connectivity index (χ4n) is 2.55. The summed E-state index contributed by atoms with van der Waals surface area (Å²) in [6.07, 6.45) is 4.10. The lowest BCUT2D eigenvalue weighted by atomic mass is 10.1. The average Bonchev–Trinajstić information content (AvgIpc) is 2.73. The molecule has 1 N–H and O–H groups in total. The number of nitrogens with one attached hydrogen (secondary N) is 1. The van der Waals surface area contributed by atoms with Gasteiger partial charge in [-0.1, -0.05) is 24.3 Å². The number of halogens is 5. The van der Waals surface area contributed by atoms with Crippen LogP contribution in [0.25, 0.3) is 12.2 Å². The molecule has 0 aliphatic carbocycles. The second-order valence-corrected chi connectivity index (χ2v) is 5.99. The van der Waals surface area contributed by atoms with Crippen LogP contribution in [-0.4, -0.2) is 10.9 Å². The molecular weight excluding hydrogens is 391 g/mol. The van der Waals surface area contributed by atoms with Crippen LogP contribution in [0, 0.1) is 29.1 Å². The van der Waals surface area contributed by atoms with Gasteiger partial charge in [-0.25, -0.2) is 22.0 Å². The van der Waals surface area contributed by atoms with E-state index in [1.165, 1.54) is 6.07 Å². The summed E-state index contributed by atoms with van der Waals surface area (Å²) in [5.41, 5.74) is 0.519. The van der Waals surface area contributed by atoms with Crippen LogP contribution in [0.3, 0.4) is 0 Å². The van der Waals surface area contributed by atoms with Gasteiger partial charge in [0.05, 0.1) is 12.1 Å². The van der Waals surface area contributed by atoms with Crippen molar-refractivity contribution in [1.82, 2.24) is 4.98 Å². The minimum absolute atomic E-state index is 0.294. The highest BCUT2D eigenvalue weighted by atomic mass is 19.2. The minimum atomic E-state index is -2.27. The second-order valence-electron chi connectivity index (χ2n) is 5.99. The lowest BCUT2D eigenvalue weighted by Crippen LogP contribution is -2.18. The number of benzene rings is 2.